The fourth-order valence-electron chi connectivity index (χ4n) is 2.82. The smallest absolute Gasteiger partial charge is 0.121 e. The van der Waals surface area contributed by atoms with Crippen molar-refractivity contribution in [3.05, 3.63) is 63.7 Å². The van der Waals surface area contributed by atoms with Crippen molar-refractivity contribution in [2.24, 2.45) is 0 Å². The Bertz CT molecular complexity index is 608. The van der Waals surface area contributed by atoms with E-state index in [1.807, 2.05) is 13.8 Å². The van der Waals surface area contributed by atoms with Crippen molar-refractivity contribution >= 4 is 0 Å². The van der Waals surface area contributed by atoms with Crippen molar-refractivity contribution in [2.45, 2.75) is 47.0 Å². The van der Waals surface area contributed by atoms with Gasteiger partial charge in [-0.2, -0.15) is 0 Å². The van der Waals surface area contributed by atoms with Crippen molar-refractivity contribution in [2.75, 3.05) is 0 Å². The average molecular weight is 268 g/mol. The van der Waals surface area contributed by atoms with Crippen LogP contribution in [0.3, 0.4) is 0 Å². The Hall–Kier alpha value is -1.76. The van der Waals surface area contributed by atoms with E-state index in [1.165, 1.54) is 22.3 Å². The lowest BCUT2D eigenvalue weighted by molar-refractivity contribution is 0.465. The van der Waals surface area contributed by atoms with Gasteiger partial charge in [0.15, 0.2) is 0 Å². The number of rotatable bonds is 2. The summed E-state index contributed by atoms with van der Waals surface area (Å²) in [5, 5.41) is 9.96. The first-order valence-corrected chi connectivity index (χ1v) is 7.11. The lowest BCUT2D eigenvalue weighted by atomic mass is 9.76. The van der Waals surface area contributed by atoms with Crippen molar-refractivity contribution in [1.29, 1.82) is 0 Å². The molecule has 0 saturated carbocycles. The molecule has 0 radical (unpaired) electrons. The Kier molecular flexibility index (Phi) is 3.64. The average Bonchev–Trinajstić information content (AvgIpc) is 2.34. The molecule has 0 heterocycles. The molecule has 0 aromatic heterocycles. The van der Waals surface area contributed by atoms with Gasteiger partial charge >= 0.3 is 0 Å². The normalized spacial score (nSPS) is 11.7. The van der Waals surface area contributed by atoms with E-state index in [0.29, 0.717) is 5.75 Å². The molecular formula is C19H24O. The van der Waals surface area contributed by atoms with Gasteiger partial charge in [0.2, 0.25) is 0 Å². The zero-order valence-corrected chi connectivity index (χ0v) is 13.3. The van der Waals surface area contributed by atoms with Crippen LogP contribution in [0.4, 0.5) is 0 Å². The lowest BCUT2D eigenvalue weighted by Gasteiger charge is -2.28. The van der Waals surface area contributed by atoms with Crippen LogP contribution in [0, 0.1) is 27.7 Å². The number of benzene rings is 2. The van der Waals surface area contributed by atoms with Gasteiger partial charge in [0, 0.05) is 5.41 Å². The van der Waals surface area contributed by atoms with Crippen molar-refractivity contribution in [1.82, 2.24) is 0 Å². The maximum Gasteiger partial charge on any atom is 0.121 e. The fraction of sp³-hybridized carbons (Fsp3) is 0.368. The molecular weight excluding hydrogens is 244 g/mol. The summed E-state index contributed by atoms with van der Waals surface area (Å²) in [6, 6.07) is 10.9. The van der Waals surface area contributed by atoms with E-state index in [-0.39, 0.29) is 5.41 Å². The molecule has 20 heavy (non-hydrogen) atoms. The molecule has 0 aliphatic carbocycles. The van der Waals surface area contributed by atoms with E-state index < -0.39 is 0 Å². The number of hydrogen-bond acceptors (Lipinski definition) is 1. The largest absolute Gasteiger partial charge is 0.507 e. The summed E-state index contributed by atoms with van der Waals surface area (Å²) in [4.78, 5) is 0. The van der Waals surface area contributed by atoms with Crippen LogP contribution in [-0.4, -0.2) is 5.11 Å². The summed E-state index contributed by atoms with van der Waals surface area (Å²) in [6.07, 6.45) is 0. The van der Waals surface area contributed by atoms with Gasteiger partial charge in [-0.05, 0) is 49.9 Å². The minimum Gasteiger partial charge on any atom is -0.507 e. The van der Waals surface area contributed by atoms with Crippen LogP contribution >= 0.6 is 0 Å². The quantitative estimate of drug-likeness (QED) is 0.817. The second-order valence-electron chi connectivity index (χ2n) is 6.46. The predicted octanol–water partition coefficient (Wildman–Crippen LogP) is 4.95. The first-order chi connectivity index (χ1) is 9.21. The van der Waals surface area contributed by atoms with Crippen LogP contribution in [0.1, 0.15) is 47.2 Å². The van der Waals surface area contributed by atoms with Crippen molar-refractivity contribution in [3.8, 4) is 5.75 Å². The van der Waals surface area contributed by atoms with E-state index in [2.05, 4.69) is 58.0 Å². The molecule has 1 nitrogen and oxygen atoms in total. The molecule has 2 aromatic carbocycles. The Labute approximate surface area is 122 Å². The highest BCUT2D eigenvalue weighted by molar-refractivity contribution is 5.48. The molecule has 0 saturated heterocycles. The molecule has 0 atom stereocenters. The van der Waals surface area contributed by atoms with Crippen molar-refractivity contribution in [3.63, 3.8) is 0 Å². The third-order valence-corrected chi connectivity index (χ3v) is 4.16. The molecule has 2 aromatic rings. The summed E-state index contributed by atoms with van der Waals surface area (Å²) >= 11 is 0. The minimum atomic E-state index is -0.0694. The van der Waals surface area contributed by atoms with Gasteiger partial charge in [-0.1, -0.05) is 55.3 Å². The topological polar surface area (TPSA) is 20.2 Å². The highest BCUT2D eigenvalue weighted by atomic mass is 16.3. The first kappa shape index (κ1) is 14.6. The number of aryl methyl sites for hydroxylation is 4. The number of aromatic hydroxyl groups is 1. The zero-order valence-electron chi connectivity index (χ0n) is 13.3. The monoisotopic (exact) mass is 268 g/mol. The lowest BCUT2D eigenvalue weighted by Crippen LogP contribution is -2.19. The van der Waals surface area contributed by atoms with Crippen LogP contribution in [0.2, 0.25) is 0 Å². The van der Waals surface area contributed by atoms with Gasteiger partial charge < -0.3 is 5.11 Å². The van der Waals surface area contributed by atoms with E-state index in [4.69, 9.17) is 0 Å². The zero-order chi connectivity index (χ0) is 15.1. The van der Waals surface area contributed by atoms with Crippen LogP contribution in [0.25, 0.3) is 0 Å². The highest BCUT2D eigenvalue weighted by Gasteiger charge is 2.24. The van der Waals surface area contributed by atoms with E-state index in [9.17, 15) is 5.11 Å². The molecule has 2 rings (SSSR count). The number of hydrogen-bond donors (Lipinski definition) is 1. The maximum absolute atomic E-state index is 9.96. The van der Waals surface area contributed by atoms with Crippen LogP contribution in [0.15, 0.2) is 30.3 Å². The maximum atomic E-state index is 9.96. The fourth-order valence-corrected chi connectivity index (χ4v) is 2.82. The number of phenolic OH excluding ortho intramolecular Hbond substituents is 1. The summed E-state index contributed by atoms with van der Waals surface area (Å²) in [5.41, 5.74) is 6.96. The Morgan fingerprint density at radius 1 is 0.700 bits per heavy atom. The van der Waals surface area contributed by atoms with Crippen molar-refractivity contribution < 1.29 is 5.11 Å². The Morgan fingerprint density at radius 3 is 1.55 bits per heavy atom. The van der Waals surface area contributed by atoms with Crippen LogP contribution in [-0.2, 0) is 5.41 Å². The van der Waals surface area contributed by atoms with Gasteiger partial charge in [-0.25, -0.2) is 0 Å². The first-order valence-electron chi connectivity index (χ1n) is 7.11. The molecule has 0 unspecified atom stereocenters. The standard InChI is InChI=1S/C19H24O/c1-12-7-13(2)9-16(8-12)19(5,6)17-10-14(3)18(20)15(4)11-17/h7-11,20H,1-6H3. The molecule has 0 fully saturated rings. The van der Waals surface area contributed by atoms with Crippen LogP contribution < -0.4 is 0 Å². The summed E-state index contributed by atoms with van der Waals surface area (Å²) < 4.78 is 0. The Morgan fingerprint density at radius 2 is 1.10 bits per heavy atom. The molecule has 0 amide bonds. The minimum absolute atomic E-state index is 0.0694. The third-order valence-electron chi connectivity index (χ3n) is 4.16. The Balaban J connectivity index is 2.59. The SMILES string of the molecule is Cc1cc(C)cc(C(C)(C)c2cc(C)c(O)c(C)c2)c1. The molecule has 1 N–H and O–H groups in total. The summed E-state index contributed by atoms with van der Waals surface area (Å²) in [7, 11) is 0. The second kappa shape index (κ2) is 4.97. The second-order valence-corrected chi connectivity index (χ2v) is 6.46. The molecule has 106 valence electrons. The van der Waals surface area contributed by atoms with Gasteiger partial charge in [0.1, 0.15) is 5.75 Å². The third kappa shape index (κ3) is 2.58. The molecule has 0 spiro atoms. The number of phenols is 1. The van der Waals surface area contributed by atoms with Gasteiger partial charge in [-0.15, -0.1) is 0 Å². The summed E-state index contributed by atoms with van der Waals surface area (Å²) in [5.74, 6) is 0.407. The van der Waals surface area contributed by atoms with Gasteiger partial charge in [-0.3, -0.25) is 0 Å². The molecule has 0 aliphatic rings. The summed E-state index contributed by atoms with van der Waals surface area (Å²) in [6.45, 7) is 12.7. The molecule has 1 heteroatoms. The van der Waals surface area contributed by atoms with E-state index in [1.54, 1.807) is 0 Å². The van der Waals surface area contributed by atoms with E-state index >= 15 is 0 Å². The molecule has 0 bridgehead atoms. The van der Waals surface area contributed by atoms with E-state index in [0.717, 1.165) is 11.1 Å². The predicted molar refractivity (Wildman–Crippen MR) is 85.6 cm³/mol. The van der Waals surface area contributed by atoms with Gasteiger partial charge in [0.05, 0.1) is 0 Å². The highest BCUT2D eigenvalue weighted by Crippen LogP contribution is 2.36. The van der Waals surface area contributed by atoms with Crippen LogP contribution in [0.5, 0.6) is 5.75 Å². The van der Waals surface area contributed by atoms with Gasteiger partial charge in [0.25, 0.3) is 0 Å². The molecule has 0 aliphatic heterocycles.